The van der Waals surface area contributed by atoms with E-state index in [1.54, 1.807) is 0 Å². The molecule has 122 valence electrons. The van der Waals surface area contributed by atoms with Crippen LogP contribution in [-0.4, -0.2) is 42.1 Å². The Bertz CT molecular complexity index is 361. The van der Waals surface area contributed by atoms with Gasteiger partial charge < -0.3 is 15.4 Å². The van der Waals surface area contributed by atoms with E-state index >= 15 is 0 Å². The Morgan fingerprint density at radius 1 is 1.33 bits per heavy atom. The Kier molecular flexibility index (Phi) is 5.67. The van der Waals surface area contributed by atoms with Gasteiger partial charge in [-0.1, -0.05) is 13.3 Å². The summed E-state index contributed by atoms with van der Waals surface area (Å²) in [6, 6.07) is 0.664. The number of ether oxygens (including phenoxy) is 1. The molecule has 1 aliphatic heterocycles. The van der Waals surface area contributed by atoms with Gasteiger partial charge in [0.15, 0.2) is 0 Å². The molecule has 0 amide bonds. The molecule has 4 atom stereocenters. The van der Waals surface area contributed by atoms with Crippen LogP contribution in [0.15, 0.2) is 0 Å². The molecule has 0 aromatic carbocycles. The van der Waals surface area contributed by atoms with E-state index in [-0.39, 0.29) is 11.9 Å². The van der Waals surface area contributed by atoms with E-state index in [0.717, 1.165) is 38.1 Å². The molecule has 0 aromatic rings. The van der Waals surface area contributed by atoms with Crippen molar-refractivity contribution in [2.24, 2.45) is 17.6 Å². The van der Waals surface area contributed by atoms with Crippen molar-refractivity contribution in [1.29, 1.82) is 0 Å². The fourth-order valence-corrected chi connectivity index (χ4v) is 4.05. The summed E-state index contributed by atoms with van der Waals surface area (Å²) in [5.74, 6) is 0.881. The average molecular weight is 296 g/mol. The van der Waals surface area contributed by atoms with E-state index in [1.165, 1.54) is 19.4 Å². The number of nitrogens with two attached hydrogens (primary N) is 1. The molecule has 4 nitrogen and oxygen atoms in total. The molecule has 2 rings (SSSR count). The maximum absolute atomic E-state index is 12.2. The van der Waals surface area contributed by atoms with Crippen molar-refractivity contribution in [2.75, 3.05) is 19.7 Å². The number of likely N-dealkylation sites (tertiary alicyclic amines) is 1. The second-order valence-corrected chi connectivity index (χ2v) is 7.17. The highest BCUT2D eigenvalue weighted by atomic mass is 16.5. The number of carbonyl (C=O) groups excluding carboxylic acids is 1. The van der Waals surface area contributed by atoms with Crippen LogP contribution in [0.5, 0.6) is 0 Å². The molecule has 0 aromatic heterocycles. The number of piperidine rings is 1. The largest absolute Gasteiger partial charge is 0.465 e. The zero-order valence-corrected chi connectivity index (χ0v) is 13.9. The van der Waals surface area contributed by atoms with Gasteiger partial charge >= 0.3 is 5.97 Å². The van der Waals surface area contributed by atoms with Gasteiger partial charge in [0.25, 0.3) is 0 Å². The second kappa shape index (κ2) is 7.10. The normalized spacial score (nSPS) is 37.6. The maximum atomic E-state index is 12.2. The van der Waals surface area contributed by atoms with E-state index < -0.39 is 5.54 Å². The van der Waals surface area contributed by atoms with Crippen LogP contribution >= 0.6 is 0 Å². The van der Waals surface area contributed by atoms with Crippen LogP contribution < -0.4 is 5.73 Å². The molecule has 1 saturated carbocycles. The summed E-state index contributed by atoms with van der Waals surface area (Å²) in [5, 5.41) is 0. The van der Waals surface area contributed by atoms with Crippen LogP contribution in [0.1, 0.15) is 59.3 Å². The SMILES string of the molecule is CCOC(=O)C1(N)CCCC1CCN1CC(C)CCC1C. The molecule has 0 radical (unpaired) electrons. The molecule has 2 N–H and O–H groups in total. The van der Waals surface area contributed by atoms with E-state index in [0.29, 0.717) is 12.6 Å². The van der Waals surface area contributed by atoms with Gasteiger partial charge in [-0.3, -0.25) is 4.79 Å². The van der Waals surface area contributed by atoms with E-state index in [2.05, 4.69) is 18.7 Å². The molecule has 1 heterocycles. The molecule has 4 heteroatoms. The standard InChI is InChI=1S/C17H32N2O2/c1-4-21-16(20)17(18)10-5-6-15(17)9-11-19-12-13(2)7-8-14(19)3/h13-15H,4-12,18H2,1-3H3. The third-order valence-electron chi connectivity index (χ3n) is 5.54. The molecule has 2 fully saturated rings. The zero-order chi connectivity index (χ0) is 15.5. The third kappa shape index (κ3) is 3.78. The molecule has 4 unspecified atom stereocenters. The minimum absolute atomic E-state index is 0.187. The van der Waals surface area contributed by atoms with Gasteiger partial charge in [0.1, 0.15) is 5.54 Å². The first-order valence-corrected chi connectivity index (χ1v) is 8.67. The highest BCUT2D eigenvalue weighted by molar-refractivity contribution is 5.81. The summed E-state index contributed by atoms with van der Waals surface area (Å²) in [6.07, 6.45) is 6.54. The van der Waals surface area contributed by atoms with Crippen molar-refractivity contribution in [3.8, 4) is 0 Å². The van der Waals surface area contributed by atoms with Crippen LogP contribution in [0.4, 0.5) is 0 Å². The van der Waals surface area contributed by atoms with Crippen molar-refractivity contribution < 1.29 is 9.53 Å². The predicted octanol–water partition coefficient (Wildman–Crippen LogP) is 2.56. The average Bonchev–Trinajstić information content (AvgIpc) is 2.83. The smallest absolute Gasteiger partial charge is 0.326 e. The Labute approximate surface area is 129 Å². The van der Waals surface area contributed by atoms with Gasteiger partial charge in [0, 0.05) is 12.6 Å². The Morgan fingerprint density at radius 3 is 2.81 bits per heavy atom. The molecule has 21 heavy (non-hydrogen) atoms. The van der Waals surface area contributed by atoms with Gasteiger partial charge in [-0.2, -0.15) is 0 Å². The number of rotatable bonds is 5. The first-order chi connectivity index (χ1) is 9.97. The highest BCUT2D eigenvalue weighted by Gasteiger charge is 2.46. The van der Waals surface area contributed by atoms with E-state index in [4.69, 9.17) is 10.5 Å². The summed E-state index contributed by atoms with van der Waals surface area (Å²) < 4.78 is 5.21. The van der Waals surface area contributed by atoms with Crippen LogP contribution in [0.2, 0.25) is 0 Å². The van der Waals surface area contributed by atoms with Crippen molar-refractivity contribution in [1.82, 2.24) is 4.90 Å². The first-order valence-electron chi connectivity index (χ1n) is 8.67. The molecule has 0 spiro atoms. The number of nitrogens with zero attached hydrogens (tertiary/aromatic N) is 1. The van der Waals surface area contributed by atoms with Gasteiger partial charge in [-0.25, -0.2) is 0 Å². The minimum Gasteiger partial charge on any atom is -0.465 e. The van der Waals surface area contributed by atoms with Gasteiger partial charge in [-0.05, 0) is 64.3 Å². The Balaban J connectivity index is 1.90. The predicted molar refractivity (Wildman–Crippen MR) is 84.9 cm³/mol. The van der Waals surface area contributed by atoms with Gasteiger partial charge in [0.05, 0.1) is 6.61 Å². The number of hydrogen-bond donors (Lipinski definition) is 1. The fourth-order valence-electron chi connectivity index (χ4n) is 4.05. The van der Waals surface area contributed by atoms with E-state index in [1.807, 2.05) is 6.92 Å². The van der Waals surface area contributed by atoms with E-state index in [9.17, 15) is 4.79 Å². The van der Waals surface area contributed by atoms with Crippen molar-refractivity contribution in [3.05, 3.63) is 0 Å². The topological polar surface area (TPSA) is 55.6 Å². The van der Waals surface area contributed by atoms with Crippen molar-refractivity contribution in [3.63, 3.8) is 0 Å². The zero-order valence-electron chi connectivity index (χ0n) is 13.9. The maximum Gasteiger partial charge on any atom is 0.326 e. The Hall–Kier alpha value is -0.610. The number of hydrogen-bond acceptors (Lipinski definition) is 4. The van der Waals surface area contributed by atoms with Crippen LogP contribution in [0, 0.1) is 11.8 Å². The lowest BCUT2D eigenvalue weighted by Crippen LogP contribution is -2.53. The summed E-state index contributed by atoms with van der Waals surface area (Å²) in [7, 11) is 0. The molecule has 0 bridgehead atoms. The quantitative estimate of drug-likeness (QED) is 0.792. The summed E-state index contributed by atoms with van der Waals surface area (Å²) in [5.41, 5.74) is 5.68. The number of esters is 1. The second-order valence-electron chi connectivity index (χ2n) is 7.17. The van der Waals surface area contributed by atoms with Crippen molar-refractivity contribution >= 4 is 5.97 Å². The summed E-state index contributed by atoms with van der Waals surface area (Å²) in [4.78, 5) is 14.8. The minimum atomic E-state index is -0.735. The van der Waals surface area contributed by atoms with Crippen LogP contribution in [0.3, 0.4) is 0 Å². The Morgan fingerprint density at radius 2 is 2.10 bits per heavy atom. The molecular weight excluding hydrogens is 264 g/mol. The molecule has 2 aliphatic rings. The van der Waals surface area contributed by atoms with Crippen LogP contribution in [0.25, 0.3) is 0 Å². The monoisotopic (exact) mass is 296 g/mol. The fraction of sp³-hybridized carbons (Fsp3) is 0.941. The third-order valence-corrected chi connectivity index (χ3v) is 5.54. The lowest BCUT2D eigenvalue weighted by atomic mass is 9.85. The first kappa shape index (κ1) is 16.8. The molecule has 1 aliphatic carbocycles. The highest BCUT2D eigenvalue weighted by Crippen LogP contribution is 2.37. The molecular formula is C17H32N2O2. The lowest BCUT2D eigenvalue weighted by molar-refractivity contribution is -0.151. The summed E-state index contributed by atoms with van der Waals surface area (Å²) >= 11 is 0. The summed E-state index contributed by atoms with van der Waals surface area (Å²) in [6.45, 7) is 9.18. The van der Waals surface area contributed by atoms with Gasteiger partial charge in [0.2, 0.25) is 0 Å². The number of carbonyl (C=O) groups is 1. The lowest BCUT2D eigenvalue weighted by Gasteiger charge is -2.38. The van der Waals surface area contributed by atoms with Crippen molar-refractivity contribution in [2.45, 2.75) is 70.9 Å². The van der Waals surface area contributed by atoms with Crippen LogP contribution in [-0.2, 0) is 9.53 Å². The molecule has 1 saturated heterocycles. The van der Waals surface area contributed by atoms with Gasteiger partial charge in [-0.15, -0.1) is 0 Å².